The molecule has 0 aliphatic heterocycles. The summed E-state index contributed by atoms with van der Waals surface area (Å²) in [6.07, 6.45) is 0. The van der Waals surface area contributed by atoms with Crippen LogP contribution in [0.1, 0.15) is 12.5 Å². The molecule has 128 valence electrons. The third-order valence-electron chi connectivity index (χ3n) is 3.32. The fourth-order valence-corrected chi connectivity index (χ4v) is 2.92. The maximum atomic E-state index is 13.6. The Morgan fingerprint density at radius 2 is 1.88 bits per heavy atom. The van der Waals surface area contributed by atoms with Gasteiger partial charge in [0.05, 0.1) is 12.4 Å². The number of nitrogens with zero attached hydrogens (tertiary/aromatic N) is 1. The van der Waals surface area contributed by atoms with E-state index in [2.05, 4.69) is 0 Å². The molecule has 0 aliphatic carbocycles. The quantitative estimate of drug-likeness (QED) is 0.703. The first-order valence-corrected chi connectivity index (χ1v) is 8.51. The molecule has 0 atom stereocenters. The van der Waals surface area contributed by atoms with Crippen molar-refractivity contribution < 1.29 is 18.3 Å². The van der Waals surface area contributed by atoms with E-state index in [0.717, 1.165) is 29.1 Å². The number of carbonyl (C=O) groups is 1. The number of hydrogen-bond acceptors (Lipinski definition) is 3. The minimum absolute atomic E-state index is 0.0933. The second-order valence-corrected chi connectivity index (χ2v) is 6.21. The zero-order valence-electron chi connectivity index (χ0n) is 13.6. The minimum Gasteiger partial charge on any atom is -0.494 e. The van der Waals surface area contributed by atoms with Crippen LogP contribution in [0.15, 0.2) is 47.4 Å². The molecule has 0 unspecified atom stereocenters. The highest BCUT2D eigenvalue weighted by Gasteiger charge is 2.12. The van der Waals surface area contributed by atoms with Gasteiger partial charge >= 0.3 is 0 Å². The standard InChI is InChI=1S/C18H19F2NO2S/c1-3-23-15-7-4-13(5-8-15)11-21(2)18(22)12-24-17-9-6-14(19)10-16(17)20/h4-10H,3,11-12H2,1-2H3. The zero-order valence-corrected chi connectivity index (χ0v) is 14.4. The lowest BCUT2D eigenvalue weighted by molar-refractivity contribution is -0.127. The van der Waals surface area contributed by atoms with Crippen LogP contribution in [-0.2, 0) is 11.3 Å². The highest BCUT2D eigenvalue weighted by molar-refractivity contribution is 8.00. The smallest absolute Gasteiger partial charge is 0.232 e. The Bertz CT molecular complexity index is 692. The fraction of sp³-hybridized carbons (Fsp3) is 0.278. The number of thioether (sulfide) groups is 1. The summed E-state index contributed by atoms with van der Waals surface area (Å²) in [4.78, 5) is 14.0. The second kappa shape index (κ2) is 8.68. The molecule has 0 aromatic heterocycles. The number of amides is 1. The summed E-state index contributed by atoms with van der Waals surface area (Å²) in [6, 6.07) is 10.9. The topological polar surface area (TPSA) is 29.5 Å². The molecule has 2 rings (SSSR count). The minimum atomic E-state index is -0.651. The first-order chi connectivity index (χ1) is 11.5. The summed E-state index contributed by atoms with van der Waals surface area (Å²) < 4.78 is 31.8. The number of carbonyl (C=O) groups excluding carboxylic acids is 1. The molecular formula is C18H19F2NO2S. The van der Waals surface area contributed by atoms with E-state index >= 15 is 0 Å². The number of ether oxygens (including phenoxy) is 1. The average molecular weight is 351 g/mol. The molecule has 0 bridgehead atoms. The van der Waals surface area contributed by atoms with E-state index in [-0.39, 0.29) is 16.6 Å². The molecule has 0 saturated heterocycles. The average Bonchev–Trinajstić information content (AvgIpc) is 2.56. The van der Waals surface area contributed by atoms with E-state index in [9.17, 15) is 13.6 Å². The van der Waals surface area contributed by atoms with E-state index in [4.69, 9.17) is 4.74 Å². The van der Waals surface area contributed by atoms with Gasteiger partial charge in [-0.15, -0.1) is 11.8 Å². The molecule has 1 amide bonds. The highest BCUT2D eigenvalue weighted by Crippen LogP contribution is 2.23. The maximum Gasteiger partial charge on any atom is 0.232 e. The van der Waals surface area contributed by atoms with Crippen molar-refractivity contribution in [3.63, 3.8) is 0 Å². The van der Waals surface area contributed by atoms with E-state index in [1.807, 2.05) is 31.2 Å². The first kappa shape index (κ1) is 18.3. The predicted molar refractivity (Wildman–Crippen MR) is 91.2 cm³/mol. The Balaban J connectivity index is 1.87. The van der Waals surface area contributed by atoms with Crippen molar-refractivity contribution in [3.05, 3.63) is 59.7 Å². The van der Waals surface area contributed by atoms with Gasteiger partial charge in [0.25, 0.3) is 0 Å². The van der Waals surface area contributed by atoms with Crippen molar-refractivity contribution in [2.75, 3.05) is 19.4 Å². The summed E-state index contributed by atoms with van der Waals surface area (Å²) in [5, 5.41) is 0. The Hall–Kier alpha value is -2.08. The summed E-state index contributed by atoms with van der Waals surface area (Å²) in [5.74, 6) is -0.524. The summed E-state index contributed by atoms with van der Waals surface area (Å²) in [7, 11) is 1.69. The largest absolute Gasteiger partial charge is 0.494 e. The van der Waals surface area contributed by atoms with E-state index in [1.165, 1.54) is 12.1 Å². The van der Waals surface area contributed by atoms with Gasteiger partial charge in [-0.2, -0.15) is 0 Å². The van der Waals surface area contributed by atoms with Gasteiger partial charge in [0.2, 0.25) is 5.91 Å². The number of halogens is 2. The monoisotopic (exact) mass is 351 g/mol. The normalized spacial score (nSPS) is 10.5. The molecule has 0 saturated carbocycles. The number of rotatable bonds is 7. The fourth-order valence-electron chi connectivity index (χ4n) is 2.06. The van der Waals surface area contributed by atoms with Crippen molar-refractivity contribution in [3.8, 4) is 5.75 Å². The van der Waals surface area contributed by atoms with Gasteiger partial charge in [-0.3, -0.25) is 4.79 Å². The van der Waals surface area contributed by atoms with Gasteiger partial charge in [0.15, 0.2) is 0 Å². The van der Waals surface area contributed by atoms with Crippen LogP contribution in [-0.4, -0.2) is 30.2 Å². The molecule has 3 nitrogen and oxygen atoms in total. The highest BCUT2D eigenvalue weighted by atomic mass is 32.2. The van der Waals surface area contributed by atoms with Gasteiger partial charge in [-0.25, -0.2) is 8.78 Å². The molecular weight excluding hydrogens is 332 g/mol. The first-order valence-electron chi connectivity index (χ1n) is 7.53. The van der Waals surface area contributed by atoms with Crippen LogP contribution in [0, 0.1) is 11.6 Å². The summed E-state index contributed by atoms with van der Waals surface area (Å²) >= 11 is 1.06. The third kappa shape index (κ3) is 5.23. The molecule has 24 heavy (non-hydrogen) atoms. The maximum absolute atomic E-state index is 13.6. The van der Waals surface area contributed by atoms with Gasteiger partial charge in [-0.05, 0) is 36.8 Å². The van der Waals surface area contributed by atoms with Crippen molar-refractivity contribution in [2.24, 2.45) is 0 Å². The van der Waals surface area contributed by atoms with Crippen molar-refractivity contribution in [1.82, 2.24) is 4.90 Å². The summed E-state index contributed by atoms with van der Waals surface area (Å²) in [6.45, 7) is 2.98. The lowest BCUT2D eigenvalue weighted by Crippen LogP contribution is -2.27. The Morgan fingerprint density at radius 3 is 2.50 bits per heavy atom. The van der Waals surface area contributed by atoms with Crippen LogP contribution in [0.5, 0.6) is 5.75 Å². The van der Waals surface area contributed by atoms with Crippen molar-refractivity contribution in [2.45, 2.75) is 18.4 Å². The SMILES string of the molecule is CCOc1ccc(CN(C)C(=O)CSc2ccc(F)cc2F)cc1. The van der Waals surface area contributed by atoms with Crippen LogP contribution in [0.25, 0.3) is 0 Å². The summed E-state index contributed by atoms with van der Waals surface area (Å²) in [5.41, 5.74) is 0.979. The Morgan fingerprint density at radius 1 is 1.17 bits per heavy atom. The molecule has 0 spiro atoms. The van der Waals surface area contributed by atoms with Crippen LogP contribution < -0.4 is 4.74 Å². The van der Waals surface area contributed by atoms with E-state index in [1.54, 1.807) is 11.9 Å². The number of hydrogen-bond donors (Lipinski definition) is 0. The molecule has 2 aromatic carbocycles. The molecule has 0 heterocycles. The Kier molecular flexibility index (Phi) is 6.61. The molecule has 0 fully saturated rings. The van der Waals surface area contributed by atoms with Crippen LogP contribution in [0.4, 0.5) is 8.78 Å². The van der Waals surface area contributed by atoms with Crippen LogP contribution in [0.3, 0.4) is 0 Å². The lowest BCUT2D eigenvalue weighted by atomic mass is 10.2. The molecule has 2 aromatic rings. The number of benzene rings is 2. The van der Waals surface area contributed by atoms with E-state index in [0.29, 0.717) is 13.2 Å². The molecule has 0 N–H and O–H groups in total. The predicted octanol–water partition coefficient (Wildman–Crippen LogP) is 4.11. The van der Waals surface area contributed by atoms with E-state index < -0.39 is 11.6 Å². The molecule has 0 aliphatic rings. The van der Waals surface area contributed by atoms with Gasteiger partial charge in [0.1, 0.15) is 17.4 Å². The van der Waals surface area contributed by atoms with Gasteiger partial charge in [0, 0.05) is 24.6 Å². The molecule has 0 radical (unpaired) electrons. The Labute approximate surface area is 144 Å². The second-order valence-electron chi connectivity index (χ2n) is 5.19. The zero-order chi connectivity index (χ0) is 17.5. The van der Waals surface area contributed by atoms with Crippen molar-refractivity contribution >= 4 is 17.7 Å². The lowest BCUT2D eigenvalue weighted by Gasteiger charge is -2.17. The van der Waals surface area contributed by atoms with Gasteiger partial charge < -0.3 is 9.64 Å². The van der Waals surface area contributed by atoms with Crippen LogP contribution >= 0.6 is 11.8 Å². The van der Waals surface area contributed by atoms with Gasteiger partial charge in [-0.1, -0.05) is 12.1 Å². The van der Waals surface area contributed by atoms with Crippen molar-refractivity contribution in [1.29, 1.82) is 0 Å². The third-order valence-corrected chi connectivity index (χ3v) is 4.36. The molecule has 6 heteroatoms. The van der Waals surface area contributed by atoms with Crippen LogP contribution in [0.2, 0.25) is 0 Å².